The smallest absolute Gasteiger partial charge is 0.400 e. The zero-order valence-electron chi connectivity index (χ0n) is 15.9. The van der Waals surface area contributed by atoms with Crippen molar-refractivity contribution in [2.45, 2.75) is 58.2 Å². The Kier molecular flexibility index (Phi) is 7.31. The van der Waals surface area contributed by atoms with Gasteiger partial charge in [-0.05, 0) is 58.3 Å². The molecule has 138 valence electrons. The summed E-state index contributed by atoms with van der Waals surface area (Å²) in [6, 6.07) is 0. The number of rotatable bonds is 9. The Balaban J connectivity index is 1.65. The molecule has 1 atom stereocenters. The summed E-state index contributed by atoms with van der Waals surface area (Å²) in [7, 11) is 1.49. The molecule has 1 aliphatic carbocycles. The van der Waals surface area contributed by atoms with Crippen molar-refractivity contribution in [1.82, 2.24) is 0 Å². The zero-order valence-corrected chi connectivity index (χ0v) is 15.9. The van der Waals surface area contributed by atoms with Gasteiger partial charge in [-0.25, -0.2) is 0 Å². The van der Waals surface area contributed by atoms with E-state index in [1.54, 1.807) is 7.11 Å². The van der Waals surface area contributed by atoms with Crippen LogP contribution in [0.2, 0.25) is 0 Å². The van der Waals surface area contributed by atoms with E-state index in [1.165, 1.54) is 5.47 Å². The van der Waals surface area contributed by atoms with Gasteiger partial charge in [-0.15, -0.1) is 0 Å². The number of methoxy groups -OCH3 is 1. The molecule has 0 bridgehead atoms. The molecular formula is C18H33BO5. The van der Waals surface area contributed by atoms with Gasteiger partial charge < -0.3 is 23.5 Å². The van der Waals surface area contributed by atoms with Crippen LogP contribution >= 0.6 is 0 Å². The summed E-state index contributed by atoms with van der Waals surface area (Å²) >= 11 is 0. The summed E-state index contributed by atoms with van der Waals surface area (Å²) in [6.07, 6.45) is 5.47. The molecule has 0 spiro atoms. The second-order valence-corrected chi connectivity index (χ2v) is 7.69. The average molecular weight is 340 g/mol. The maximum Gasteiger partial charge on any atom is 0.490 e. The molecule has 0 aromatic carbocycles. The van der Waals surface area contributed by atoms with Gasteiger partial charge in [-0.1, -0.05) is 6.08 Å². The minimum absolute atomic E-state index is 0.189. The number of ether oxygens (including phenoxy) is 3. The molecule has 2 rings (SSSR count). The summed E-state index contributed by atoms with van der Waals surface area (Å²) in [5, 5.41) is 0. The molecule has 0 N–H and O–H groups in total. The molecule has 0 amide bonds. The van der Waals surface area contributed by atoms with Gasteiger partial charge in [0, 0.05) is 13.7 Å². The second kappa shape index (κ2) is 8.81. The minimum Gasteiger partial charge on any atom is -0.400 e. The van der Waals surface area contributed by atoms with Crippen LogP contribution < -0.4 is 0 Å². The van der Waals surface area contributed by atoms with Crippen molar-refractivity contribution in [3.63, 3.8) is 0 Å². The maximum absolute atomic E-state index is 6.14. The molecule has 2 aliphatic rings. The van der Waals surface area contributed by atoms with E-state index in [4.69, 9.17) is 23.5 Å². The summed E-state index contributed by atoms with van der Waals surface area (Å²) in [6.45, 7) is 11.7. The van der Waals surface area contributed by atoms with Crippen LogP contribution in [-0.2, 0) is 23.5 Å². The molecule has 0 aromatic rings. The molecule has 5 nitrogen and oxygen atoms in total. The van der Waals surface area contributed by atoms with Crippen LogP contribution in [0, 0.1) is 5.92 Å². The number of allylic oxidation sites excluding steroid dienone is 2. The Bertz CT molecular complexity index is 406. The average Bonchev–Trinajstić information content (AvgIpc) is 2.75. The Morgan fingerprint density at radius 2 is 1.67 bits per heavy atom. The Labute approximate surface area is 147 Å². The predicted octanol–water partition coefficient (Wildman–Crippen LogP) is 3.02. The lowest BCUT2D eigenvalue weighted by molar-refractivity contribution is 0.00578. The highest BCUT2D eigenvalue weighted by atomic mass is 16.7. The summed E-state index contributed by atoms with van der Waals surface area (Å²) in [5.41, 5.74) is 0.760. The van der Waals surface area contributed by atoms with E-state index >= 15 is 0 Å². The quantitative estimate of drug-likeness (QED) is 0.477. The molecule has 0 aromatic heterocycles. The first-order chi connectivity index (χ1) is 11.4. The van der Waals surface area contributed by atoms with Gasteiger partial charge in [0.15, 0.2) is 0 Å². The standard InChI is InChI=1S/C18H33BO5/c1-17(2)18(3,4)24-19(23-17)16-8-6-15(7-9-16)14-22-13-12-21-11-10-20-5/h8,15H,6-7,9-14H2,1-5H3/t15-/m0/s1. The van der Waals surface area contributed by atoms with Crippen LogP contribution in [-0.4, -0.2) is 58.5 Å². The molecule has 6 heteroatoms. The Hall–Kier alpha value is -0.395. The van der Waals surface area contributed by atoms with E-state index in [2.05, 4.69) is 33.8 Å². The molecule has 24 heavy (non-hydrogen) atoms. The maximum atomic E-state index is 6.14. The Morgan fingerprint density at radius 3 is 2.25 bits per heavy atom. The van der Waals surface area contributed by atoms with E-state index in [9.17, 15) is 0 Å². The molecule has 0 saturated carbocycles. The minimum atomic E-state index is -0.263. The SMILES string of the molecule is COCCOCCOC[C@H]1CC=C(B2OC(C)(C)C(C)(C)O2)CC1. The van der Waals surface area contributed by atoms with Gasteiger partial charge in [0.1, 0.15) is 0 Å². The molecular weight excluding hydrogens is 307 g/mol. The molecule has 1 aliphatic heterocycles. The molecule has 0 unspecified atom stereocenters. The zero-order chi connectivity index (χ0) is 17.6. The third-order valence-electron chi connectivity index (χ3n) is 5.27. The van der Waals surface area contributed by atoms with Crippen molar-refractivity contribution in [3.8, 4) is 0 Å². The van der Waals surface area contributed by atoms with Crippen molar-refractivity contribution in [3.05, 3.63) is 11.5 Å². The molecule has 1 saturated heterocycles. The normalized spacial score (nSPS) is 25.8. The lowest BCUT2D eigenvalue weighted by Gasteiger charge is -2.32. The molecule has 1 fully saturated rings. The van der Waals surface area contributed by atoms with Crippen LogP contribution in [0.1, 0.15) is 47.0 Å². The lowest BCUT2D eigenvalue weighted by Crippen LogP contribution is -2.41. The van der Waals surface area contributed by atoms with Crippen LogP contribution in [0.3, 0.4) is 0 Å². The van der Waals surface area contributed by atoms with Crippen molar-refractivity contribution in [2.24, 2.45) is 5.92 Å². The largest absolute Gasteiger partial charge is 0.490 e. The van der Waals surface area contributed by atoms with Gasteiger partial charge in [-0.2, -0.15) is 0 Å². The first-order valence-corrected chi connectivity index (χ1v) is 9.05. The fourth-order valence-corrected chi connectivity index (χ4v) is 2.88. The fraction of sp³-hybridized carbons (Fsp3) is 0.889. The highest BCUT2D eigenvalue weighted by Crippen LogP contribution is 2.40. The Morgan fingerprint density at radius 1 is 1.04 bits per heavy atom. The summed E-state index contributed by atoms with van der Waals surface area (Å²) in [4.78, 5) is 0. The van der Waals surface area contributed by atoms with Gasteiger partial charge in [-0.3, -0.25) is 0 Å². The first-order valence-electron chi connectivity index (χ1n) is 9.05. The van der Waals surface area contributed by atoms with E-state index in [0.717, 1.165) is 25.9 Å². The van der Waals surface area contributed by atoms with E-state index in [-0.39, 0.29) is 18.3 Å². The van der Waals surface area contributed by atoms with Crippen LogP contribution in [0.5, 0.6) is 0 Å². The van der Waals surface area contributed by atoms with Crippen LogP contribution in [0.25, 0.3) is 0 Å². The molecule has 1 heterocycles. The van der Waals surface area contributed by atoms with E-state index < -0.39 is 0 Å². The van der Waals surface area contributed by atoms with E-state index in [0.29, 0.717) is 32.3 Å². The second-order valence-electron chi connectivity index (χ2n) is 7.69. The van der Waals surface area contributed by atoms with Gasteiger partial charge >= 0.3 is 7.12 Å². The highest BCUT2D eigenvalue weighted by molar-refractivity contribution is 6.54. The number of hydrogen-bond donors (Lipinski definition) is 0. The van der Waals surface area contributed by atoms with Crippen molar-refractivity contribution in [1.29, 1.82) is 0 Å². The third kappa shape index (κ3) is 5.30. The summed E-state index contributed by atoms with van der Waals surface area (Å²) < 4.78 is 28.3. The van der Waals surface area contributed by atoms with Crippen molar-refractivity contribution >= 4 is 7.12 Å². The lowest BCUT2D eigenvalue weighted by atomic mass is 9.71. The number of hydrogen-bond acceptors (Lipinski definition) is 5. The monoisotopic (exact) mass is 340 g/mol. The topological polar surface area (TPSA) is 46.2 Å². The van der Waals surface area contributed by atoms with Crippen molar-refractivity contribution < 1.29 is 23.5 Å². The summed E-state index contributed by atoms with van der Waals surface area (Å²) in [5.74, 6) is 0.579. The third-order valence-corrected chi connectivity index (χ3v) is 5.27. The van der Waals surface area contributed by atoms with E-state index in [1.807, 2.05) is 0 Å². The first kappa shape index (κ1) is 19.9. The highest BCUT2D eigenvalue weighted by Gasteiger charge is 2.52. The molecule has 0 radical (unpaired) electrons. The van der Waals surface area contributed by atoms with Gasteiger partial charge in [0.05, 0.1) is 37.6 Å². The van der Waals surface area contributed by atoms with Gasteiger partial charge in [0.25, 0.3) is 0 Å². The predicted molar refractivity (Wildman–Crippen MR) is 95.0 cm³/mol. The van der Waals surface area contributed by atoms with Crippen LogP contribution in [0.4, 0.5) is 0 Å². The van der Waals surface area contributed by atoms with Gasteiger partial charge in [0.2, 0.25) is 0 Å². The van der Waals surface area contributed by atoms with Crippen LogP contribution in [0.15, 0.2) is 11.5 Å². The fourth-order valence-electron chi connectivity index (χ4n) is 2.88. The van der Waals surface area contributed by atoms with Crippen molar-refractivity contribution in [2.75, 3.05) is 40.1 Å².